The fourth-order valence-electron chi connectivity index (χ4n) is 4.45. The van der Waals surface area contributed by atoms with Gasteiger partial charge in [-0.2, -0.15) is 0 Å². The van der Waals surface area contributed by atoms with E-state index < -0.39 is 0 Å². The van der Waals surface area contributed by atoms with Gasteiger partial charge < -0.3 is 14.7 Å². The predicted molar refractivity (Wildman–Crippen MR) is 97.8 cm³/mol. The topological polar surface area (TPSA) is 45.6 Å². The van der Waals surface area contributed by atoms with Gasteiger partial charge in [0.2, 0.25) is 0 Å². The number of fused-ring (bicyclic) bond motifs is 1. The maximum Gasteiger partial charge on any atom is 0.133 e. The number of pyridine rings is 1. The van der Waals surface area contributed by atoms with Gasteiger partial charge in [0.1, 0.15) is 11.5 Å². The van der Waals surface area contributed by atoms with Crippen LogP contribution in [0.5, 0.6) is 11.5 Å². The Morgan fingerprint density at radius 2 is 1.84 bits per heavy atom. The van der Waals surface area contributed by atoms with E-state index in [0.717, 1.165) is 29.8 Å². The van der Waals surface area contributed by atoms with E-state index in [2.05, 4.69) is 16.8 Å². The zero-order valence-electron chi connectivity index (χ0n) is 14.7. The van der Waals surface area contributed by atoms with Crippen molar-refractivity contribution in [3.05, 3.63) is 54.4 Å². The van der Waals surface area contributed by atoms with Crippen molar-refractivity contribution in [3.63, 3.8) is 0 Å². The molecule has 1 aliphatic heterocycles. The SMILES string of the molecule is CC(CN1C[C@H]2C[C@H](Oc3ccccc3)C[C@H]2C1)c1ccc(O)cn1. The number of hydrogen-bond acceptors (Lipinski definition) is 4. The second-order valence-corrected chi connectivity index (χ2v) is 7.61. The highest BCUT2D eigenvalue weighted by Gasteiger charge is 2.42. The Kier molecular flexibility index (Phi) is 4.62. The fraction of sp³-hybridized carbons (Fsp3) is 0.476. The van der Waals surface area contributed by atoms with Crippen LogP contribution in [0.2, 0.25) is 0 Å². The number of rotatable bonds is 5. The smallest absolute Gasteiger partial charge is 0.133 e. The summed E-state index contributed by atoms with van der Waals surface area (Å²) in [6, 6.07) is 13.8. The average molecular weight is 338 g/mol. The van der Waals surface area contributed by atoms with Gasteiger partial charge in [0.25, 0.3) is 0 Å². The molecule has 2 fully saturated rings. The number of nitrogens with zero attached hydrogens (tertiary/aromatic N) is 2. The molecule has 0 spiro atoms. The molecule has 2 aromatic rings. The number of para-hydroxylation sites is 1. The van der Waals surface area contributed by atoms with Gasteiger partial charge in [-0.15, -0.1) is 0 Å². The van der Waals surface area contributed by atoms with Gasteiger partial charge in [0.05, 0.1) is 12.3 Å². The third-order valence-electron chi connectivity index (χ3n) is 5.64. The number of hydrogen-bond donors (Lipinski definition) is 1. The molecule has 0 radical (unpaired) electrons. The Balaban J connectivity index is 1.28. The zero-order chi connectivity index (χ0) is 17.2. The lowest BCUT2D eigenvalue weighted by atomic mass is 10.0. The van der Waals surface area contributed by atoms with E-state index in [-0.39, 0.29) is 5.75 Å². The molecule has 25 heavy (non-hydrogen) atoms. The summed E-state index contributed by atoms with van der Waals surface area (Å²) >= 11 is 0. The molecule has 1 aromatic carbocycles. The number of benzene rings is 1. The van der Waals surface area contributed by atoms with E-state index >= 15 is 0 Å². The Morgan fingerprint density at radius 1 is 1.12 bits per heavy atom. The molecule has 1 aromatic heterocycles. The van der Waals surface area contributed by atoms with Crippen LogP contribution >= 0.6 is 0 Å². The van der Waals surface area contributed by atoms with Crippen LogP contribution in [0.1, 0.15) is 31.4 Å². The number of ether oxygens (including phenoxy) is 1. The van der Waals surface area contributed by atoms with E-state index in [1.54, 1.807) is 6.07 Å². The number of aromatic nitrogens is 1. The lowest BCUT2D eigenvalue weighted by Gasteiger charge is -2.22. The Labute approximate surface area is 149 Å². The van der Waals surface area contributed by atoms with Gasteiger partial charge in [-0.05, 0) is 48.9 Å². The van der Waals surface area contributed by atoms with Crippen LogP contribution in [-0.4, -0.2) is 40.7 Å². The van der Waals surface area contributed by atoms with E-state index in [1.165, 1.54) is 32.1 Å². The zero-order valence-corrected chi connectivity index (χ0v) is 14.7. The highest BCUT2D eigenvalue weighted by atomic mass is 16.5. The van der Waals surface area contributed by atoms with Gasteiger partial charge in [0, 0.05) is 31.2 Å². The number of likely N-dealkylation sites (tertiary alicyclic amines) is 1. The van der Waals surface area contributed by atoms with Gasteiger partial charge >= 0.3 is 0 Å². The van der Waals surface area contributed by atoms with E-state index in [0.29, 0.717) is 12.0 Å². The average Bonchev–Trinajstić information content (AvgIpc) is 3.14. The molecule has 132 valence electrons. The van der Waals surface area contributed by atoms with Gasteiger partial charge in [-0.3, -0.25) is 4.98 Å². The molecule has 0 bridgehead atoms. The first kappa shape index (κ1) is 16.4. The molecule has 1 aliphatic carbocycles. The van der Waals surface area contributed by atoms with Crippen LogP contribution in [0.3, 0.4) is 0 Å². The first-order valence-electron chi connectivity index (χ1n) is 9.26. The summed E-state index contributed by atoms with van der Waals surface area (Å²) in [7, 11) is 0. The van der Waals surface area contributed by atoms with Crippen LogP contribution in [0.4, 0.5) is 0 Å². The molecular weight excluding hydrogens is 312 g/mol. The monoisotopic (exact) mass is 338 g/mol. The minimum atomic E-state index is 0.233. The van der Waals surface area contributed by atoms with Crippen molar-refractivity contribution in [2.45, 2.75) is 31.8 Å². The summed E-state index contributed by atoms with van der Waals surface area (Å²) in [5.74, 6) is 3.13. The lowest BCUT2D eigenvalue weighted by Crippen LogP contribution is -2.28. The van der Waals surface area contributed by atoms with Crippen molar-refractivity contribution < 1.29 is 9.84 Å². The highest BCUT2D eigenvalue weighted by molar-refractivity contribution is 5.22. The van der Waals surface area contributed by atoms with Crippen molar-refractivity contribution in [2.24, 2.45) is 11.8 Å². The van der Waals surface area contributed by atoms with E-state index in [4.69, 9.17) is 4.74 Å². The molecule has 1 saturated carbocycles. The van der Waals surface area contributed by atoms with Crippen molar-refractivity contribution in [3.8, 4) is 11.5 Å². The maximum atomic E-state index is 9.38. The quantitative estimate of drug-likeness (QED) is 0.903. The molecule has 1 unspecified atom stereocenters. The largest absolute Gasteiger partial charge is 0.506 e. The van der Waals surface area contributed by atoms with Crippen molar-refractivity contribution in [2.75, 3.05) is 19.6 Å². The molecule has 4 heteroatoms. The lowest BCUT2D eigenvalue weighted by molar-refractivity contribution is 0.184. The maximum absolute atomic E-state index is 9.38. The second kappa shape index (κ2) is 7.04. The normalized spacial score (nSPS) is 27.2. The predicted octanol–water partition coefficient (Wildman–Crippen LogP) is 3.68. The first-order chi connectivity index (χ1) is 12.2. The summed E-state index contributed by atoms with van der Waals surface area (Å²) in [6.45, 7) is 5.59. The minimum absolute atomic E-state index is 0.233. The molecule has 0 amide bonds. The summed E-state index contributed by atoms with van der Waals surface area (Å²) < 4.78 is 6.16. The molecular formula is C21H26N2O2. The Hall–Kier alpha value is -2.07. The van der Waals surface area contributed by atoms with Gasteiger partial charge in [-0.1, -0.05) is 25.1 Å². The standard InChI is InChI=1S/C21H26N2O2/c1-15(21-8-7-18(24)11-22-21)12-23-13-16-9-20(10-17(16)14-23)25-19-5-3-2-4-6-19/h2-8,11,15-17,20,24H,9-10,12-14H2,1H3/t15?,16-,17+,20+. The molecule has 1 N–H and O–H groups in total. The molecule has 4 atom stereocenters. The second-order valence-electron chi connectivity index (χ2n) is 7.61. The highest BCUT2D eigenvalue weighted by Crippen LogP contribution is 2.40. The number of aromatic hydroxyl groups is 1. The summed E-state index contributed by atoms with van der Waals surface area (Å²) in [4.78, 5) is 6.93. The van der Waals surface area contributed by atoms with E-state index in [9.17, 15) is 5.11 Å². The fourth-order valence-corrected chi connectivity index (χ4v) is 4.45. The van der Waals surface area contributed by atoms with Gasteiger partial charge in [-0.25, -0.2) is 0 Å². The van der Waals surface area contributed by atoms with Crippen LogP contribution in [-0.2, 0) is 0 Å². The molecule has 2 heterocycles. The van der Waals surface area contributed by atoms with Gasteiger partial charge in [0.15, 0.2) is 0 Å². The third kappa shape index (κ3) is 3.79. The van der Waals surface area contributed by atoms with Crippen molar-refractivity contribution >= 4 is 0 Å². The third-order valence-corrected chi connectivity index (χ3v) is 5.64. The van der Waals surface area contributed by atoms with E-state index in [1.807, 2.05) is 36.4 Å². The summed E-state index contributed by atoms with van der Waals surface area (Å²) in [6.07, 6.45) is 4.25. The summed E-state index contributed by atoms with van der Waals surface area (Å²) in [5, 5.41) is 9.38. The molecule has 1 saturated heterocycles. The van der Waals surface area contributed by atoms with Crippen molar-refractivity contribution in [1.29, 1.82) is 0 Å². The first-order valence-corrected chi connectivity index (χ1v) is 9.26. The Bertz CT molecular complexity index is 675. The van der Waals surface area contributed by atoms with Crippen LogP contribution in [0.15, 0.2) is 48.7 Å². The minimum Gasteiger partial charge on any atom is -0.506 e. The molecule has 4 rings (SSSR count). The molecule has 4 nitrogen and oxygen atoms in total. The van der Waals surface area contributed by atoms with Crippen LogP contribution < -0.4 is 4.74 Å². The Morgan fingerprint density at radius 3 is 2.48 bits per heavy atom. The van der Waals surface area contributed by atoms with Crippen molar-refractivity contribution in [1.82, 2.24) is 9.88 Å². The van der Waals surface area contributed by atoms with Crippen LogP contribution in [0.25, 0.3) is 0 Å². The van der Waals surface area contributed by atoms with Crippen LogP contribution in [0, 0.1) is 11.8 Å². The summed E-state index contributed by atoms with van der Waals surface area (Å²) in [5.41, 5.74) is 1.06. The molecule has 2 aliphatic rings.